The van der Waals surface area contributed by atoms with Gasteiger partial charge in [-0.3, -0.25) is 10.0 Å². The van der Waals surface area contributed by atoms with Crippen LogP contribution in [0.5, 0.6) is 11.5 Å². The number of carbonyl (C=O) groups is 1. The number of methoxy groups -OCH3 is 1. The van der Waals surface area contributed by atoms with Crippen molar-refractivity contribution in [3.8, 4) is 46.0 Å². The smallest absolute Gasteiger partial charge is 0.267 e. The summed E-state index contributed by atoms with van der Waals surface area (Å²) in [6.45, 7) is 2.02. The van der Waals surface area contributed by atoms with E-state index in [0.29, 0.717) is 53.4 Å². The van der Waals surface area contributed by atoms with E-state index in [9.17, 15) is 24.8 Å². The zero-order valence-corrected chi connectivity index (χ0v) is 25.0. The first-order chi connectivity index (χ1) is 22.3. The maximum Gasteiger partial charge on any atom is 0.267 e. The molecule has 2 heterocycles. The highest BCUT2D eigenvalue weighted by atomic mass is 19.1. The van der Waals surface area contributed by atoms with E-state index < -0.39 is 11.7 Å². The second-order valence-corrected chi connectivity index (χ2v) is 10.7. The van der Waals surface area contributed by atoms with Crippen LogP contribution in [-0.4, -0.2) is 47.4 Å². The average molecular weight is 619 g/mol. The molecular weight excluding hydrogens is 587 g/mol. The van der Waals surface area contributed by atoms with Gasteiger partial charge in [0.05, 0.1) is 30.0 Å². The van der Waals surface area contributed by atoms with Crippen LogP contribution >= 0.6 is 0 Å². The standard InChI is InChI=1S/C35H31FN6O4/c1-46-31-10-9-24(17-30(31)43)34-27(20-38)18-32(40-35(34)25-7-8-26(19-37)29(36)16-25)42-14-12-28(13-15-42)39-21-23-4-2-22(3-5-23)6-11-33(44)41-45/h2-11,16-18,28,39,43,45H,12-15,21H2,1H3,(H,41,44)/b11-6+. The van der Waals surface area contributed by atoms with Crippen LogP contribution in [-0.2, 0) is 11.3 Å². The Balaban J connectivity index is 1.36. The van der Waals surface area contributed by atoms with Crippen molar-refractivity contribution in [1.82, 2.24) is 15.8 Å². The van der Waals surface area contributed by atoms with Crippen LogP contribution in [0.15, 0.2) is 72.8 Å². The Labute approximate surface area is 265 Å². The van der Waals surface area contributed by atoms with Gasteiger partial charge in [0, 0.05) is 42.9 Å². The van der Waals surface area contributed by atoms with Gasteiger partial charge in [0.2, 0.25) is 0 Å². The van der Waals surface area contributed by atoms with Crippen LogP contribution in [0.25, 0.3) is 28.5 Å². The highest BCUT2D eigenvalue weighted by Gasteiger charge is 2.24. The lowest BCUT2D eigenvalue weighted by Gasteiger charge is -2.34. The highest BCUT2D eigenvalue weighted by Crippen LogP contribution is 2.40. The summed E-state index contributed by atoms with van der Waals surface area (Å²) in [4.78, 5) is 18.2. The predicted molar refractivity (Wildman–Crippen MR) is 170 cm³/mol. The van der Waals surface area contributed by atoms with E-state index in [1.807, 2.05) is 30.3 Å². The number of halogens is 1. The summed E-state index contributed by atoms with van der Waals surface area (Å²) in [6, 6.07) is 22.8. The summed E-state index contributed by atoms with van der Waals surface area (Å²) in [5, 5.41) is 42.2. The van der Waals surface area contributed by atoms with Gasteiger partial charge in [-0.1, -0.05) is 36.4 Å². The molecule has 46 heavy (non-hydrogen) atoms. The normalized spacial score (nSPS) is 13.3. The Hall–Kier alpha value is -5.75. The van der Waals surface area contributed by atoms with E-state index in [0.717, 1.165) is 24.0 Å². The lowest BCUT2D eigenvalue weighted by atomic mass is 9.93. The van der Waals surface area contributed by atoms with Crippen molar-refractivity contribution in [3.63, 3.8) is 0 Å². The van der Waals surface area contributed by atoms with Crippen LogP contribution in [0, 0.1) is 28.5 Å². The summed E-state index contributed by atoms with van der Waals surface area (Å²) in [7, 11) is 1.44. The van der Waals surface area contributed by atoms with Gasteiger partial charge in [0.25, 0.3) is 5.91 Å². The van der Waals surface area contributed by atoms with Crippen molar-refractivity contribution < 1.29 is 24.2 Å². The number of rotatable bonds is 9. The Morgan fingerprint density at radius 2 is 1.76 bits per heavy atom. The largest absolute Gasteiger partial charge is 0.504 e. The third kappa shape index (κ3) is 7.13. The quantitative estimate of drug-likeness (QED) is 0.111. The molecule has 11 heteroatoms. The molecule has 0 unspecified atom stereocenters. The number of piperidine rings is 1. The maximum atomic E-state index is 14.8. The molecule has 1 aromatic heterocycles. The number of nitriles is 2. The van der Waals surface area contributed by atoms with Crippen molar-refractivity contribution in [2.45, 2.75) is 25.4 Å². The number of pyridine rings is 1. The Morgan fingerprint density at radius 1 is 1.04 bits per heavy atom. The highest BCUT2D eigenvalue weighted by molar-refractivity contribution is 5.91. The lowest BCUT2D eigenvalue weighted by molar-refractivity contribution is -0.124. The number of ether oxygens (including phenoxy) is 1. The van der Waals surface area contributed by atoms with Gasteiger partial charge in [-0.15, -0.1) is 0 Å². The van der Waals surface area contributed by atoms with Gasteiger partial charge in [-0.2, -0.15) is 10.5 Å². The van der Waals surface area contributed by atoms with Gasteiger partial charge in [-0.25, -0.2) is 14.9 Å². The number of hydrogen-bond acceptors (Lipinski definition) is 9. The van der Waals surface area contributed by atoms with Gasteiger partial charge in [0.1, 0.15) is 17.7 Å². The van der Waals surface area contributed by atoms with Gasteiger partial charge >= 0.3 is 0 Å². The number of aromatic hydroxyl groups is 1. The number of carbonyl (C=O) groups excluding carboxylic acids is 1. The molecule has 0 bridgehead atoms. The molecule has 0 atom stereocenters. The third-order valence-electron chi connectivity index (χ3n) is 7.89. The van der Waals surface area contributed by atoms with Crippen LogP contribution < -0.4 is 20.4 Å². The Kier molecular flexibility index (Phi) is 9.88. The fourth-order valence-electron chi connectivity index (χ4n) is 5.41. The molecule has 4 aromatic rings. The number of anilines is 1. The molecule has 0 saturated carbocycles. The zero-order chi connectivity index (χ0) is 32.6. The van der Waals surface area contributed by atoms with Crippen molar-refractivity contribution in [2.24, 2.45) is 0 Å². The molecule has 1 aliphatic rings. The molecule has 4 N–H and O–H groups in total. The molecule has 232 valence electrons. The summed E-state index contributed by atoms with van der Waals surface area (Å²) in [5.74, 6) is -0.549. The molecule has 0 aliphatic carbocycles. The Morgan fingerprint density at radius 3 is 2.39 bits per heavy atom. The maximum absolute atomic E-state index is 14.8. The van der Waals surface area contributed by atoms with Gasteiger partial charge in [0.15, 0.2) is 11.5 Å². The van der Waals surface area contributed by atoms with Crippen LogP contribution in [0.2, 0.25) is 0 Å². The molecule has 5 rings (SSSR count). The topological polar surface area (TPSA) is 155 Å². The number of phenolic OH excluding ortho intramolecular Hbond substituents is 1. The minimum atomic E-state index is -0.693. The second-order valence-electron chi connectivity index (χ2n) is 10.7. The van der Waals surface area contributed by atoms with E-state index in [1.54, 1.807) is 35.8 Å². The lowest BCUT2D eigenvalue weighted by Crippen LogP contribution is -2.42. The molecule has 1 saturated heterocycles. The average Bonchev–Trinajstić information content (AvgIpc) is 3.09. The number of nitrogens with zero attached hydrogens (tertiary/aromatic N) is 4. The molecule has 0 radical (unpaired) electrons. The van der Waals surface area contributed by atoms with Gasteiger partial charge in [-0.05, 0) is 65.9 Å². The van der Waals surface area contributed by atoms with Crippen molar-refractivity contribution in [2.75, 3.05) is 25.1 Å². The van der Waals surface area contributed by atoms with Crippen LogP contribution in [0.3, 0.4) is 0 Å². The molecule has 1 fully saturated rings. The number of benzene rings is 3. The Bertz CT molecular complexity index is 1860. The van der Waals surface area contributed by atoms with Crippen molar-refractivity contribution >= 4 is 17.8 Å². The zero-order valence-electron chi connectivity index (χ0n) is 25.0. The summed E-state index contributed by atoms with van der Waals surface area (Å²) in [6.07, 6.45) is 4.52. The summed E-state index contributed by atoms with van der Waals surface area (Å²) >= 11 is 0. The molecule has 0 spiro atoms. The van der Waals surface area contributed by atoms with Gasteiger partial charge < -0.3 is 20.1 Å². The number of aromatic nitrogens is 1. The number of amides is 1. The number of phenols is 1. The number of nitrogens with one attached hydrogen (secondary N) is 2. The van der Waals surface area contributed by atoms with Crippen molar-refractivity contribution in [3.05, 3.63) is 101 Å². The predicted octanol–water partition coefficient (Wildman–Crippen LogP) is 5.29. The SMILES string of the molecule is COc1ccc(-c2c(C#N)cc(N3CCC(NCc4ccc(/C=C/C(=O)NO)cc4)CC3)nc2-c2ccc(C#N)c(F)c2)cc1O. The number of hydrogen-bond donors (Lipinski definition) is 4. The van der Waals surface area contributed by atoms with E-state index in [4.69, 9.17) is 14.9 Å². The molecular formula is C35H31FN6O4. The first-order valence-electron chi connectivity index (χ1n) is 14.6. The van der Waals surface area contributed by atoms with Crippen LogP contribution in [0.4, 0.5) is 10.2 Å². The van der Waals surface area contributed by atoms with E-state index in [-0.39, 0.29) is 23.1 Å². The fourth-order valence-corrected chi connectivity index (χ4v) is 5.41. The monoisotopic (exact) mass is 618 g/mol. The molecule has 3 aromatic carbocycles. The third-order valence-corrected chi connectivity index (χ3v) is 7.89. The summed E-state index contributed by atoms with van der Waals surface area (Å²) in [5.41, 5.74) is 5.40. The van der Waals surface area contributed by atoms with E-state index in [2.05, 4.69) is 16.3 Å². The fraction of sp³-hybridized carbons (Fsp3) is 0.200. The minimum Gasteiger partial charge on any atom is -0.504 e. The minimum absolute atomic E-state index is 0.0986. The molecule has 1 amide bonds. The van der Waals surface area contributed by atoms with Crippen molar-refractivity contribution in [1.29, 1.82) is 10.5 Å². The summed E-state index contributed by atoms with van der Waals surface area (Å²) < 4.78 is 20.0. The molecule has 10 nitrogen and oxygen atoms in total. The van der Waals surface area contributed by atoms with Crippen LogP contribution in [0.1, 0.15) is 35.1 Å². The first-order valence-corrected chi connectivity index (χ1v) is 14.6. The first kappa shape index (κ1) is 31.7. The van der Waals surface area contributed by atoms with E-state index in [1.165, 1.54) is 31.4 Å². The number of hydroxylamine groups is 1. The second kappa shape index (κ2) is 14.4. The van der Waals surface area contributed by atoms with E-state index >= 15 is 0 Å². The molecule has 1 aliphatic heterocycles.